The van der Waals surface area contributed by atoms with E-state index in [4.69, 9.17) is 5.73 Å². The van der Waals surface area contributed by atoms with Crippen molar-refractivity contribution in [1.29, 1.82) is 0 Å². The van der Waals surface area contributed by atoms with Gasteiger partial charge in [0.15, 0.2) is 0 Å². The fourth-order valence-corrected chi connectivity index (χ4v) is 1.84. The van der Waals surface area contributed by atoms with Crippen molar-refractivity contribution in [1.82, 2.24) is 4.90 Å². The van der Waals surface area contributed by atoms with Gasteiger partial charge in [0, 0.05) is 13.1 Å². The van der Waals surface area contributed by atoms with Crippen molar-refractivity contribution in [3.05, 3.63) is 35.9 Å². The Balaban J connectivity index is 2.73. The van der Waals surface area contributed by atoms with E-state index >= 15 is 0 Å². The number of carbonyl (C=O) groups excluding carboxylic acids is 1. The Bertz CT molecular complexity index is 362. The third-order valence-electron chi connectivity index (χ3n) is 3.02. The maximum absolute atomic E-state index is 12.3. The summed E-state index contributed by atoms with van der Waals surface area (Å²) in [4.78, 5) is 14.1. The van der Waals surface area contributed by atoms with Gasteiger partial charge in [-0.15, -0.1) is 0 Å². The van der Waals surface area contributed by atoms with Crippen LogP contribution in [0.25, 0.3) is 0 Å². The topological polar surface area (TPSA) is 46.3 Å². The van der Waals surface area contributed by atoms with Crippen LogP contribution in [0.5, 0.6) is 0 Å². The first kappa shape index (κ1) is 14.7. The normalized spacial score (nSPS) is 12.5. The molecule has 1 aromatic carbocycles. The van der Waals surface area contributed by atoms with E-state index in [0.717, 1.165) is 18.5 Å². The summed E-state index contributed by atoms with van der Waals surface area (Å²) >= 11 is 0. The van der Waals surface area contributed by atoms with E-state index in [1.807, 2.05) is 49.1 Å². The highest BCUT2D eigenvalue weighted by Gasteiger charge is 2.22. The molecule has 0 aliphatic rings. The molecule has 100 valence electrons. The summed E-state index contributed by atoms with van der Waals surface area (Å²) in [6.45, 7) is 7.44. The molecule has 0 unspecified atom stereocenters. The number of benzene rings is 1. The lowest BCUT2D eigenvalue weighted by atomic mass is 10.0. The van der Waals surface area contributed by atoms with Crippen LogP contribution in [0.4, 0.5) is 0 Å². The quantitative estimate of drug-likeness (QED) is 0.840. The predicted molar refractivity (Wildman–Crippen MR) is 75.0 cm³/mol. The van der Waals surface area contributed by atoms with Crippen LogP contribution >= 0.6 is 0 Å². The molecule has 0 saturated carbocycles. The van der Waals surface area contributed by atoms with E-state index in [2.05, 4.69) is 6.92 Å². The SMILES string of the molecule is CCCN(Cc1ccccc1)C(=O)[C@@H](N)C(C)C. The Morgan fingerprint density at radius 2 is 1.89 bits per heavy atom. The fourth-order valence-electron chi connectivity index (χ4n) is 1.84. The van der Waals surface area contributed by atoms with Crippen molar-refractivity contribution in [3.63, 3.8) is 0 Å². The molecule has 2 N–H and O–H groups in total. The molecule has 1 aromatic rings. The van der Waals surface area contributed by atoms with E-state index < -0.39 is 6.04 Å². The second-order valence-electron chi connectivity index (χ2n) is 5.02. The standard InChI is InChI=1S/C15H24N2O/c1-4-10-17(15(18)14(16)12(2)3)11-13-8-6-5-7-9-13/h5-9,12,14H,4,10-11,16H2,1-3H3/t14-/m0/s1. The molecule has 0 radical (unpaired) electrons. The molecule has 1 amide bonds. The van der Waals surface area contributed by atoms with Gasteiger partial charge in [0.1, 0.15) is 0 Å². The van der Waals surface area contributed by atoms with Crippen LogP contribution in [0.1, 0.15) is 32.8 Å². The van der Waals surface area contributed by atoms with E-state index in [-0.39, 0.29) is 11.8 Å². The van der Waals surface area contributed by atoms with Gasteiger partial charge in [-0.1, -0.05) is 51.1 Å². The molecule has 0 saturated heterocycles. The first-order chi connectivity index (χ1) is 8.56. The van der Waals surface area contributed by atoms with E-state index in [1.165, 1.54) is 0 Å². The number of rotatable bonds is 6. The molecule has 0 heterocycles. The Morgan fingerprint density at radius 1 is 1.28 bits per heavy atom. The molecule has 0 spiro atoms. The van der Waals surface area contributed by atoms with Crippen LogP contribution in [-0.2, 0) is 11.3 Å². The molecule has 0 bridgehead atoms. The van der Waals surface area contributed by atoms with Crippen molar-refractivity contribution in [2.45, 2.75) is 39.8 Å². The maximum atomic E-state index is 12.3. The molecular weight excluding hydrogens is 224 g/mol. The van der Waals surface area contributed by atoms with Crippen LogP contribution in [0.3, 0.4) is 0 Å². The van der Waals surface area contributed by atoms with E-state index in [1.54, 1.807) is 0 Å². The van der Waals surface area contributed by atoms with Gasteiger partial charge in [-0.3, -0.25) is 4.79 Å². The molecular formula is C15H24N2O. The third-order valence-corrected chi connectivity index (χ3v) is 3.02. The summed E-state index contributed by atoms with van der Waals surface area (Å²) < 4.78 is 0. The van der Waals surface area contributed by atoms with E-state index in [0.29, 0.717) is 6.54 Å². The summed E-state index contributed by atoms with van der Waals surface area (Å²) in [7, 11) is 0. The highest BCUT2D eigenvalue weighted by atomic mass is 16.2. The Morgan fingerprint density at radius 3 is 2.39 bits per heavy atom. The summed E-state index contributed by atoms with van der Waals surface area (Å²) in [5, 5.41) is 0. The summed E-state index contributed by atoms with van der Waals surface area (Å²) in [6, 6.07) is 9.64. The fraction of sp³-hybridized carbons (Fsp3) is 0.533. The zero-order valence-electron chi connectivity index (χ0n) is 11.6. The monoisotopic (exact) mass is 248 g/mol. The molecule has 1 rings (SSSR count). The minimum atomic E-state index is -0.403. The van der Waals surface area contributed by atoms with Gasteiger partial charge in [0.05, 0.1) is 6.04 Å². The highest BCUT2D eigenvalue weighted by Crippen LogP contribution is 2.09. The van der Waals surface area contributed by atoms with Gasteiger partial charge in [-0.2, -0.15) is 0 Å². The summed E-state index contributed by atoms with van der Waals surface area (Å²) in [5.74, 6) is 0.225. The Kier molecular flexibility index (Phi) is 5.86. The first-order valence-electron chi connectivity index (χ1n) is 6.64. The van der Waals surface area contributed by atoms with E-state index in [9.17, 15) is 4.79 Å². The predicted octanol–water partition coefficient (Wildman–Crippen LogP) is 2.41. The van der Waals surface area contributed by atoms with Gasteiger partial charge >= 0.3 is 0 Å². The van der Waals surface area contributed by atoms with Gasteiger partial charge < -0.3 is 10.6 Å². The molecule has 0 aliphatic heterocycles. The molecule has 0 fully saturated rings. The van der Waals surface area contributed by atoms with Crippen LogP contribution in [0.2, 0.25) is 0 Å². The number of nitrogens with zero attached hydrogens (tertiary/aromatic N) is 1. The summed E-state index contributed by atoms with van der Waals surface area (Å²) in [5.41, 5.74) is 7.10. The zero-order valence-corrected chi connectivity index (χ0v) is 11.6. The van der Waals surface area contributed by atoms with Crippen LogP contribution in [0, 0.1) is 5.92 Å². The molecule has 0 aromatic heterocycles. The maximum Gasteiger partial charge on any atom is 0.240 e. The Labute approximate surface area is 110 Å². The smallest absolute Gasteiger partial charge is 0.240 e. The largest absolute Gasteiger partial charge is 0.337 e. The van der Waals surface area contributed by atoms with Crippen molar-refractivity contribution in [2.75, 3.05) is 6.54 Å². The van der Waals surface area contributed by atoms with Crippen molar-refractivity contribution < 1.29 is 4.79 Å². The summed E-state index contributed by atoms with van der Waals surface area (Å²) in [6.07, 6.45) is 0.948. The van der Waals surface area contributed by atoms with Crippen molar-refractivity contribution >= 4 is 5.91 Å². The molecule has 18 heavy (non-hydrogen) atoms. The first-order valence-corrected chi connectivity index (χ1v) is 6.64. The van der Waals surface area contributed by atoms with Gasteiger partial charge in [0.2, 0.25) is 5.91 Å². The van der Waals surface area contributed by atoms with Gasteiger partial charge in [0.25, 0.3) is 0 Å². The highest BCUT2D eigenvalue weighted by molar-refractivity contribution is 5.81. The van der Waals surface area contributed by atoms with Crippen LogP contribution < -0.4 is 5.73 Å². The lowest BCUT2D eigenvalue weighted by Crippen LogP contribution is -2.46. The van der Waals surface area contributed by atoms with Crippen molar-refractivity contribution in [2.24, 2.45) is 11.7 Å². The number of nitrogens with two attached hydrogens (primary N) is 1. The van der Waals surface area contributed by atoms with Crippen LogP contribution in [0.15, 0.2) is 30.3 Å². The number of carbonyl (C=O) groups is 1. The third kappa shape index (κ3) is 4.15. The molecule has 3 nitrogen and oxygen atoms in total. The minimum absolute atomic E-state index is 0.0516. The number of hydrogen-bond acceptors (Lipinski definition) is 2. The van der Waals surface area contributed by atoms with Gasteiger partial charge in [-0.05, 0) is 17.9 Å². The number of hydrogen-bond donors (Lipinski definition) is 1. The molecule has 3 heteroatoms. The average molecular weight is 248 g/mol. The van der Waals surface area contributed by atoms with Crippen molar-refractivity contribution in [3.8, 4) is 0 Å². The Hall–Kier alpha value is -1.35. The lowest BCUT2D eigenvalue weighted by molar-refractivity contribution is -0.134. The lowest BCUT2D eigenvalue weighted by Gasteiger charge is -2.27. The van der Waals surface area contributed by atoms with Gasteiger partial charge in [-0.25, -0.2) is 0 Å². The van der Waals surface area contributed by atoms with Crippen LogP contribution in [-0.4, -0.2) is 23.4 Å². The zero-order chi connectivity index (χ0) is 13.5. The second-order valence-corrected chi connectivity index (χ2v) is 5.02. The molecule has 1 atom stereocenters. The average Bonchev–Trinajstić information content (AvgIpc) is 2.37. The molecule has 0 aliphatic carbocycles. The minimum Gasteiger partial charge on any atom is -0.337 e. The second kappa shape index (κ2) is 7.17. The number of amides is 1.